The zero-order valence-corrected chi connectivity index (χ0v) is 23.7. The van der Waals surface area contributed by atoms with Gasteiger partial charge in [0, 0.05) is 32.2 Å². The summed E-state index contributed by atoms with van der Waals surface area (Å²) in [6.07, 6.45) is 13.3. The van der Waals surface area contributed by atoms with Crippen LogP contribution in [0.25, 0.3) is 0 Å². The Balaban J connectivity index is 0.000000914. The molecule has 0 aromatic rings. The summed E-state index contributed by atoms with van der Waals surface area (Å²) < 4.78 is 0. The van der Waals surface area contributed by atoms with E-state index in [0.717, 1.165) is 29.7 Å². The Morgan fingerprint density at radius 1 is 0.606 bits per heavy atom. The molecule has 0 spiro atoms. The van der Waals surface area contributed by atoms with Crippen molar-refractivity contribution in [1.29, 1.82) is 0 Å². The lowest BCUT2D eigenvalue weighted by atomic mass is 9.76. The van der Waals surface area contributed by atoms with E-state index in [-0.39, 0.29) is 0 Å². The predicted octanol–water partition coefficient (Wildman–Crippen LogP) is 5.88. The number of piperidine rings is 2. The third-order valence-corrected chi connectivity index (χ3v) is 8.73. The fourth-order valence-electron chi connectivity index (χ4n) is 6.85. The maximum atomic E-state index is 2.79. The third kappa shape index (κ3) is 9.78. The molecule has 1 saturated carbocycles. The molecule has 4 heteroatoms. The summed E-state index contributed by atoms with van der Waals surface area (Å²) in [6.45, 7) is 21.0. The molecule has 3 heterocycles. The smallest absolute Gasteiger partial charge is 0.0510 e. The molecule has 1 aliphatic carbocycles. The van der Waals surface area contributed by atoms with Crippen molar-refractivity contribution in [3.8, 4) is 0 Å². The average Bonchev–Trinajstić information content (AvgIpc) is 3.17. The van der Waals surface area contributed by atoms with Crippen molar-refractivity contribution in [3.05, 3.63) is 0 Å². The second-order valence-electron chi connectivity index (χ2n) is 11.4. The quantitative estimate of drug-likeness (QED) is 0.486. The minimum Gasteiger partial charge on any atom is -0.306 e. The second-order valence-corrected chi connectivity index (χ2v) is 11.4. The van der Waals surface area contributed by atoms with E-state index in [4.69, 9.17) is 0 Å². The number of rotatable bonds is 6. The van der Waals surface area contributed by atoms with Gasteiger partial charge in [0.1, 0.15) is 0 Å². The summed E-state index contributed by atoms with van der Waals surface area (Å²) in [4.78, 5) is 10.6. The first kappa shape index (κ1) is 29.1. The van der Waals surface area contributed by atoms with E-state index in [1.54, 1.807) is 0 Å². The van der Waals surface area contributed by atoms with Crippen molar-refractivity contribution in [2.24, 2.45) is 23.7 Å². The van der Waals surface area contributed by atoms with Crippen LogP contribution in [0.4, 0.5) is 0 Å². The molecule has 4 rings (SSSR count). The fourth-order valence-corrected chi connectivity index (χ4v) is 6.85. The Morgan fingerprint density at radius 3 is 1.85 bits per heavy atom. The molecule has 3 aliphatic heterocycles. The zero-order chi connectivity index (χ0) is 24.2. The van der Waals surface area contributed by atoms with Crippen molar-refractivity contribution >= 4 is 0 Å². The lowest BCUT2D eigenvalue weighted by molar-refractivity contribution is 0.127. The van der Waals surface area contributed by atoms with Gasteiger partial charge in [-0.15, -0.1) is 0 Å². The number of likely N-dealkylation sites (tertiary alicyclic amines) is 2. The molecule has 0 aromatic carbocycles. The van der Waals surface area contributed by atoms with E-state index in [9.17, 15) is 0 Å². The topological polar surface area (TPSA) is 13.0 Å². The Labute approximate surface area is 208 Å². The maximum Gasteiger partial charge on any atom is 0.0510 e. The van der Waals surface area contributed by atoms with Gasteiger partial charge in [-0.1, -0.05) is 40.5 Å². The number of hydrogen-bond donors (Lipinski definition) is 0. The van der Waals surface area contributed by atoms with Crippen LogP contribution >= 0.6 is 0 Å². The van der Waals surface area contributed by atoms with Crippen LogP contribution in [0.2, 0.25) is 0 Å². The molecule has 33 heavy (non-hydrogen) atoms. The zero-order valence-electron chi connectivity index (χ0n) is 23.7. The molecule has 0 bridgehead atoms. The summed E-state index contributed by atoms with van der Waals surface area (Å²) in [5, 5.41) is 0. The van der Waals surface area contributed by atoms with Gasteiger partial charge in [0.25, 0.3) is 0 Å². The molecule has 0 N–H and O–H groups in total. The molecular formula is C29H60N4. The normalized spacial score (nSPS) is 33.2. The summed E-state index contributed by atoms with van der Waals surface area (Å²) in [6, 6.07) is 0.753. The summed E-state index contributed by atoms with van der Waals surface area (Å²) >= 11 is 0. The Bertz CT molecular complexity index is 482. The first-order valence-electron chi connectivity index (χ1n) is 14.9. The van der Waals surface area contributed by atoms with Crippen molar-refractivity contribution in [2.45, 2.75) is 98.4 Å². The molecule has 196 valence electrons. The molecular weight excluding hydrogens is 404 g/mol. The van der Waals surface area contributed by atoms with E-state index in [1.807, 2.05) is 27.7 Å². The SMILES string of the molecule is CC.CC.CC1CN(CC2CCC(CC3CCN(C)CC3)CC2)CN1CC1CCCN(C)C1. The van der Waals surface area contributed by atoms with Crippen LogP contribution in [0.3, 0.4) is 0 Å². The van der Waals surface area contributed by atoms with Gasteiger partial charge in [0.2, 0.25) is 0 Å². The highest BCUT2D eigenvalue weighted by Gasteiger charge is 2.32. The van der Waals surface area contributed by atoms with Crippen LogP contribution in [0.1, 0.15) is 92.4 Å². The fraction of sp³-hybridized carbons (Fsp3) is 1.00. The van der Waals surface area contributed by atoms with Gasteiger partial charge in [0.05, 0.1) is 6.67 Å². The molecule has 0 radical (unpaired) electrons. The van der Waals surface area contributed by atoms with E-state index in [0.29, 0.717) is 0 Å². The summed E-state index contributed by atoms with van der Waals surface area (Å²) in [7, 11) is 4.59. The Morgan fingerprint density at radius 2 is 1.21 bits per heavy atom. The monoisotopic (exact) mass is 464 g/mol. The van der Waals surface area contributed by atoms with Gasteiger partial charge < -0.3 is 9.80 Å². The van der Waals surface area contributed by atoms with Gasteiger partial charge in [-0.3, -0.25) is 9.80 Å². The standard InChI is InChI=1S/C25H48N4.2C2H6/c1-21-16-28(20-29(21)19-25-5-4-12-27(3)17-25)18-24-8-6-22(7-9-24)15-23-10-13-26(2)14-11-23;2*1-2/h21-25H,4-20H2,1-3H3;2*1-2H3. The van der Waals surface area contributed by atoms with Crippen LogP contribution in [0, 0.1) is 23.7 Å². The minimum absolute atomic E-state index is 0.753. The summed E-state index contributed by atoms with van der Waals surface area (Å²) in [5.74, 6) is 3.93. The van der Waals surface area contributed by atoms with Crippen LogP contribution < -0.4 is 0 Å². The first-order chi connectivity index (χ1) is 16.0. The van der Waals surface area contributed by atoms with Crippen molar-refractivity contribution in [3.63, 3.8) is 0 Å². The van der Waals surface area contributed by atoms with Gasteiger partial charge in [-0.25, -0.2) is 0 Å². The highest BCUT2D eigenvalue weighted by molar-refractivity contribution is 4.85. The lowest BCUT2D eigenvalue weighted by Gasteiger charge is -2.35. The van der Waals surface area contributed by atoms with Crippen LogP contribution in [-0.2, 0) is 0 Å². The average molecular weight is 465 g/mol. The van der Waals surface area contributed by atoms with Gasteiger partial charge in [-0.05, 0) is 109 Å². The lowest BCUT2D eigenvalue weighted by Crippen LogP contribution is -2.41. The van der Waals surface area contributed by atoms with E-state index in [1.165, 1.54) is 110 Å². The molecule has 4 aliphatic rings. The highest BCUT2D eigenvalue weighted by atomic mass is 15.4. The molecule has 3 saturated heterocycles. The van der Waals surface area contributed by atoms with Crippen molar-refractivity contribution in [2.75, 3.05) is 66.6 Å². The van der Waals surface area contributed by atoms with Crippen LogP contribution in [-0.4, -0.2) is 92.2 Å². The molecule has 4 nitrogen and oxygen atoms in total. The first-order valence-corrected chi connectivity index (χ1v) is 14.9. The maximum absolute atomic E-state index is 2.79. The molecule has 0 aromatic heterocycles. The third-order valence-electron chi connectivity index (χ3n) is 8.73. The van der Waals surface area contributed by atoms with Gasteiger partial charge in [0.15, 0.2) is 0 Å². The van der Waals surface area contributed by atoms with E-state index in [2.05, 4.69) is 40.6 Å². The minimum atomic E-state index is 0.753. The second kappa shape index (κ2) is 15.8. The number of hydrogen-bond acceptors (Lipinski definition) is 4. The Kier molecular flexibility index (Phi) is 13.9. The highest BCUT2D eigenvalue weighted by Crippen LogP contribution is 2.36. The molecule has 2 atom stereocenters. The van der Waals surface area contributed by atoms with Crippen LogP contribution in [0.15, 0.2) is 0 Å². The van der Waals surface area contributed by atoms with Crippen molar-refractivity contribution in [1.82, 2.24) is 19.6 Å². The van der Waals surface area contributed by atoms with Crippen LogP contribution in [0.5, 0.6) is 0 Å². The largest absolute Gasteiger partial charge is 0.306 e. The van der Waals surface area contributed by atoms with E-state index >= 15 is 0 Å². The van der Waals surface area contributed by atoms with Crippen molar-refractivity contribution < 1.29 is 0 Å². The van der Waals surface area contributed by atoms with E-state index < -0.39 is 0 Å². The molecule has 0 amide bonds. The predicted molar refractivity (Wildman–Crippen MR) is 146 cm³/mol. The van der Waals surface area contributed by atoms with Gasteiger partial charge >= 0.3 is 0 Å². The Hall–Kier alpha value is -0.160. The summed E-state index contributed by atoms with van der Waals surface area (Å²) in [5.41, 5.74) is 0. The molecule has 4 fully saturated rings. The van der Waals surface area contributed by atoms with Gasteiger partial charge in [-0.2, -0.15) is 0 Å². The molecule has 2 unspecified atom stereocenters. The number of nitrogens with zero attached hydrogens (tertiary/aromatic N) is 4.